The normalized spacial score (nSPS) is 24.6. The molecule has 4 nitrogen and oxygen atoms in total. The Balaban J connectivity index is 1.90. The second-order valence-corrected chi connectivity index (χ2v) is 5.08. The Morgan fingerprint density at radius 2 is 2.11 bits per heavy atom. The maximum absolute atomic E-state index is 8.92. The van der Waals surface area contributed by atoms with Gasteiger partial charge in [-0.15, -0.1) is 0 Å². The number of aliphatic hydroxyl groups excluding tert-OH is 1. The molecule has 0 saturated carbocycles. The summed E-state index contributed by atoms with van der Waals surface area (Å²) in [6, 6.07) is 10.5. The average molecular weight is 249 g/mol. The van der Waals surface area contributed by atoms with Crippen LogP contribution in [0.3, 0.4) is 0 Å². The van der Waals surface area contributed by atoms with Crippen LogP contribution in [0.1, 0.15) is 12.0 Å². The van der Waals surface area contributed by atoms with E-state index in [1.807, 2.05) is 6.07 Å². The fourth-order valence-electron chi connectivity index (χ4n) is 2.64. The van der Waals surface area contributed by atoms with Gasteiger partial charge >= 0.3 is 0 Å². The van der Waals surface area contributed by atoms with Gasteiger partial charge < -0.3 is 16.2 Å². The number of nitrogens with two attached hydrogens (primary N) is 1. The Bertz CT molecular complexity index is 357. The van der Waals surface area contributed by atoms with Crippen molar-refractivity contribution in [3.63, 3.8) is 0 Å². The molecule has 1 aromatic rings. The summed E-state index contributed by atoms with van der Waals surface area (Å²) in [6.45, 7) is 4.40. The molecule has 0 amide bonds. The van der Waals surface area contributed by atoms with Crippen molar-refractivity contribution in [2.75, 3.05) is 32.8 Å². The van der Waals surface area contributed by atoms with E-state index >= 15 is 0 Å². The van der Waals surface area contributed by atoms with E-state index in [-0.39, 0.29) is 12.1 Å². The molecule has 1 saturated heterocycles. The van der Waals surface area contributed by atoms with Gasteiger partial charge in [-0.2, -0.15) is 0 Å². The number of β-amino-alcohol motifs (C(OH)–C–C–N with tert-alkyl or cyclic N) is 1. The van der Waals surface area contributed by atoms with Crippen molar-refractivity contribution in [3.8, 4) is 0 Å². The van der Waals surface area contributed by atoms with Gasteiger partial charge in [0.15, 0.2) is 0 Å². The van der Waals surface area contributed by atoms with E-state index in [1.165, 1.54) is 5.56 Å². The highest BCUT2D eigenvalue weighted by molar-refractivity contribution is 5.15. The minimum atomic E-state index is -0.0164. The molecule has 1 aromatic carbocycles. The van der Waals surface area contributed by atoms with Crippen LogP contribution in [0.5, 0.6) is 0 Å². The van der Waals surface area contributed by atoms with E-state index < -0.39 is 0 Å². The number of benzene rings is 1. The van der Waals surface area contributed by atoms with Crippen molar-refractivity contribution in [1.29, 1.82) is 0 Å². The third-order valence-electron chi connectivity index (χ3n) is 3.68. The number of aliphatic hydroxyl groups is 1. The number of nitrogens with one attached hydrogen (secondary N) is 1. The maximum atomic E-state index is 8.92. The zero-order chi connectivity index (χ0) is 12.8. The predicted octanol–water partition coefficient (Wildman–Crippen LogP) is 0.172. The highest BCUT2D eigenvalue weighted by atomic mass is 16.3. The molecule has 4 N–H and O–H groups in total. The zero-order valence-corrected chi connectivity index (χ0v) is 10.8. The molecule has 1 atom stereocenters. The molecule has 1 aliphatic heterocycles. The lowest BCUT2D eigenvalue weighted by molar-refractivity contribution is 0.241. The molecule has 0 spiro atoms. The van der Waals surface area contributed by atoms with E-state index in [4.69, 9.17) is 10.8 Å². The first-order valence-corrected chi connectivity index (χ1v) is 6.60. The molecule has 1 heterocycles. The van der Waals surface area contributed by atoms with Crippen molar-refractivity contribution >= 4 is 0 Å². The Morgan fingerprint density at radius 1 is 1.33 bits per heavy atom. The summed E-state index contributed by atoms with van der Waals surface area (Å²) >= 11 is 0. The summed E-state index contributed by atoms with van der Waals surface area (Å²) in [7, 11) is 0. The fourth-order valence-corrected chi connectivity index (χ4v) is 2.64. The summed E-state index contributed by atoms with van der Waals surface area (Å²) < 4.78 is 0. The summed E-state index contributed by atoms with van der Waals surface area (Å²) in [5, 5.41) is 12.3. The van der Waals surface area contributed by atoms with Crippen LogP contribution in [0, 0.1) is 0 Å². The van der Waals surface area contributed by atoms with Gasteiger partial charge in [-0.05, 0) is 12.0 Å². The van der Waals surface area contributed by atoms with E-state index in [9.17, 15) is 0 Å². The second-order valence-electron chi connectivity index (χ2n) is 5.08. The summed E-state index contributed by atoms with van der Waals surface area (Å²) in [5.41, 5.74) is 7.22. The highest BCUT2D eigenvalue weighted by Crippen LogP contribution is 2.22. The fraction of sp³-hybridized carbons (Fsp3) is 0.571. The Labute approximate surface area is 109 Å². The van der Waals surface area contributed by atoms with Gasteiger partial charge in [-0.3, -0.25) is 4.90 Å². The molecule has 1 fully saturated rings. The van der Waals surface area contributed by atoms with Gasteiger partial charge in [0.05, 0.1) is 6.61 Å². The maximum Gasteiger partial charge on any atom is 0.0556 e. The standard InChI is InChI=1S/C14H23N3O/c15-11-14(16-7-9-18)6-8-17(12-14)10-13-4-2-1-3-5-13/h1-5,16,18H,6-12,15H2. The molecule has 18 heavy (non-hydrogen) atoms. The number of likely N-dealkylation sites (tertiary alicyclic amines) is 1. The predicted molar refractivity (Wildman–Crippen MR) is 73.2 cm³/mol. The summed E-state index contributed by atoms with van der Waals surface area (Å²) in [4.78, 5) is 2.42. The first kappa shape index (κ1) is 13.5. The highest BCUT2D eigenvalue weighted by Gasteiger charge is 2.36. The van der Waals surface area contributed by atoms with Gasteiger partial charge in [0.25, 0.3) is 0 Å². The van der Waals surface area contributed by atoms with Crippen LogP contribution < -0.4 is 11.1 Å². The third-order valence-corrected chi connectivity index (χ3v) is 3.68. The molecule has 0 bridgehead atoms. The van der Waals surface area contributed by atoms with E-state index in [2.05, 4.69) is 34.5 Å². The van der Waals surface area contributed by atoms with E-state index in [0.29, 0.717) is 13.1 Å². The molecular formula is C14H23N3O. The molecule has 2 rings (SSSR count). The molecule has 1 aliphatic rings. The van der Waals surface area contributed by atoms with Gasteiger partial charge in [0.1, 0.15) is 0 Å². The van der Waals surface area contributed by atoms with Crippen LogP contribution in [0.15, 0.2) is 30.3 Å². The van der Waals surface area contributed by atoms with Crippen LogP contribution in [0.25, 0.3) is 0 Å². The zero-order valence-electron chi connectivity index (χ0n) is 10.8. The van der Waals surface area contributed by atoms with Gasteiger partial charge in [0.2, 0.25) is 0 Å². The molecule has 4 heteroatoms. The molecule has 100 valence electrons. The Kier molecular flexibility index (Phi) is 4.72. The molecule has 0 aromatic heterocycles. The Hall–Kier alpha value is -0.940. The van der Waals surface area contributed by atoms with Gasteiger partial charge in [-0.25, -0.2) is 0 Å². The number of hydrogen-bond donors (Lipinski definition) is 3. The average Bonchev–Trinajstić information content (AvgIpc) is 2.82. The van der Waals surface area contributed by atoms with Crippen LogP contribution in [-0.4, -0.2) is 48.3 Å². The monoisotopic (exact) mass is 249 g/mol. The minimum absolute atomic E-state index is 0.0164. The van der Waals surface area contributed by atoms with Gasteiger partial charge in [0, 0.05) is 38.3 Å². The summed E-state index contributed by atoms with van der Waals surface area (Å²) in [5.74, 6) is 0. The molecular weight excluding hydrogens is 226 g/mol. The molecule has 1 unspecified atom stereocenters. The van der Waals surface area contributed by atoms with Crippen LogP contribution in [-0.2, 0) is 6.54 Å². The quantitative estimate of drug-likeness (QED) is 0.673. The van der Waals surface area contributed by atoms with Crippen molar-refractivity contribution in [3.05, 3.63) is 35.9 Å². The number of rotatable bonds is 6. The van der Waals surface area contributed by atoms with Gasteiger partial charge in [-0.1, -0.05) is 30.3 Å². The first-order valence-electron chi connectivity index (χ1n) is 6.60. The lowest BCUT2D eigenvalue weighted by Gasteiger charge is -2.29. The minimum Gasteiger partial charge on any atom is -0.395 e. The van der Waals surface area contributed by atoms with E-state index in [1.54, 1.807) is 0 Å². The SMILES string of the molecule is NCC1(NCCO)CCN(Cc2ccccc2)C1. The molecule has 0 radical (unpaired) electrons. The van der Waals surface area contributed by atoms with Crippen molar-refractivity contribution in [1.82, 2.24) is 10.2 Å². The van der Waals surface area contributed by atoms with E-state index in [0.717, 1.165) is 26.1 Å². The lowest BCUT2D eigenvalue weighted by atomic mass is 9.99. The lowest BCUT2D eigenvalue weighted by Crippen LogP contribution is -2.53. The number of hydrogen-bond acceptors (Lipinski definition) is 4. The largest absolute Gasteiger partial charge is 0.395 e. The third kappa shape index (κ3) is 3.29. The summed E-state index contributed by atoms with van der Waals surface area (Å²) in [6.07, 6.45) is 1.05. The van der Waals surface area contributed by atoms with Crippen molar-refractivity contribution < 1.29 is 5.11 Å². The molecule has 0 aliphatic carbocycles. The van der Waals surface area contributed by atoms with Crippen LogP contribution in [0.4, 0.5) is 0 Å². The van der Waals surface area contributed by atoms with Crippen molar-refractivity contribution in [2.45, 2.75) is 18.5 Å². The number of nitrogens with zero attached hydrogens (tertiary/aromatic N) is 1. The smallest absolute Gasteiger partial charge is 0.0556 e. The van der Waals surface area contributed by atoms with Crippen LogP contribution in [0.2, 0.25) is 0 Å². The van der Waals surface area contributed by atoms with Crippen molar-refractivity contribution in [2.24, 2.45) is 5.73 Å². The van der Waals surface area contributed by atoms with Crippen LogP contribution >= 0.6 is 0 Å². The topological polar surface area (TPSA) is 61.5 Å². The second kappa shape index (κ2) is 6.29. The Morgan fingerprint density at radius 3 is 2.78 bits per heavy atom. The first-order chi connectivity index (χ1) is 8.78.